The van der Waals surface area contributed by atoms with Crippen LogP contribution in [0.5, 0.6) is 0 Å². The zero-order valence-electron chi connectivity index (χ0n) is 24.5. The molecule has 0 bridgehead atoms. The number of pyridine rings is 1. The molecule has 1 fully saturated rings. The van der Waals surface area contributed by atoms with Crippen LogP contribution >= 0.6 is 0 Å². The van der Waals surface area contributed by atoms with E-state index in [-0.39, 0.29) is 11.9 Å². The summed E-state index contributed by atoms with van der Waals surface area (Å²) >= 11 is 0. The predicted octanol–water partition coefficient (Wildman–Crippen LogP) is 4.69. The Balaban J connectivity index is 1.66. The van der Waals surface area contributed by atoms with E-state index in [1.54, 1.807) is 6.08 Å². The molecule has 0 spiro atoms. The van der Waals surface area contributed by atoms with E-state index < -0.39 is 0 Å². The summed E-state index contributed by atoms with van der Waals surface area (Å²) in [6.07, 6.45) is 4.34. The summed E-state index contributed by atoms with van der Waals surface area (Å²) in [5, 5.41) is 8.47. The lowest BCUT2D eigenvalue weighted by Gasteiger charge is -2.32. The second kappa shape index (κ2) is 12.0. The lowest BCUT2D eigenvalue weighted by Crippen LogP contribution is -2.38. The van der Waals surface area contributed by atoms with Crippen molar-refractivity contribution in [3.8, 4) is 5.95 Å². The van der Waals surface area contributed by atoms with Gasteiger partial charge in [-0.15, -0.1) is 0 Å². The van der Waals surface area contributed by atoms with Gasteiger partial charge in [0, 0.05) is 41.0 Å². The normalized spacial score (nSPS) is 15.1. The van der Waals surface area contributed by atoms with E-state index in [0.29, 0.717) is 25.0 Å². The fourth-order valence-corrected chi connectivity index (χ4v) is 5.38. The Morgan fingerprint density at radius 3 is 2.49 bits per heavy atom. The van der Waals surface area contributed by atoms with E-state index in [9.17, 15) is 0 Å². The van der Waals surface area contributed by atoms with E-state index >= 15 is 0 Å². The van der Waals surface area contributed by atoms with Crippen LogP contribution in [-0.4, -0.2) is 51.7 Å². The number of aryl methyl sites for hydroxylation is 4. The Bertz CT molecular complexity index is 1600. The molecule has 4 heterocycles. The van der Waals surface area contributed by atoms with Gasteiger partial charge in [0.1, 0.15) is 17.5 Å². The van der Waals surface area contributed by atoms with E-state index in [0.717, 1.165) is 70.0 Å². The zero-order valence-corrected chi connectivity index (χ0v) is 24.5. The lowest BCUT2D eigenvalue weighted by atomic mass is 10.00. The van der Waals surface area contributed by atoms with Crippen LogP contribution < -0.4 is 21.8 Å². The van der Waals surface area contributed by atoms with Gasteiger partial charge in [-0.25, -0.2) is 9.97 Å². The fraction of sp³-hybridized carbons (Fsp3) is 0.355. The summed E-state index contributed by atoms with van der Waals surface area (Å²) in [5.41, 5.74) is 12.9. The number of ether oxygens (including phenoxy) is 1. The predicted molar refractivity (Wildman–Crippen MR) is 167 cm³/mol. The standard InChI is InChI=1S/C31H39N9O/c1-6-26(25-18-23-9-7-8-19(2)28(23)36-30(25)39-14-16-41-17-15-39)35-29-24(12-13-27(32)38-33)22(5)34-31(37-29)40-20(3)10-11-21(40)4/h7-13,18,26H,6,14-17,33H2,1-5H3,(H2,32,38)(H,34,35,37)/b13-12+. The first-order valence-corrected chi connectivity index (χ1v) is 14.1. The molecule has 5 rings (SSSR count). The minimum Gasteiger partial charge on any atom is -0.382 e. The number of nitrogens with one attached hydrogen (secondary N) is 1. The van der Waals surface area contributed by atoms with Crippen molar-refractivity contribution in [1.29, 1.82) is 0 Å². The summed E-state index contributed by atoms with van der Waals surface area (Å²) in [6, 6.07) is 12.7. The highest BCUT2D eigenvalue weighted by Gasteiger charge is 2.24. The molecule has 214 valence electrons. The van der Waals surface area contributed by atoms with Gasteiger partial charge in [-0.3, -0.25) is 4.57 Å². The van der Waals surface area contributed by atoms with Gasteiger partial charge in [-0.1, -0.05) is 25.1 Å². The molecule has 5 N–H and O–H groups in total. The van der Waals surface area contributed by atoms with E-state index in [2.05, 4.69) is 84.0 Å². The van der Waals surface area contributed by atoms with Gasteiger partial charge in [0.05, 0.1) is 30.5 Å². The monoisotopic (exact) mass is 553 g/mol. The molecule has 0 radical (unpaired) electrons. The van der Waals surface area contributed by atoms with Crippen LogP contribution in [0.25, 0.3) is 22.9 Å². The Hall–Kier alpha value is -4.44. The van der Waals surface area contributed by atoms with Gasteiger partial charge in [-0.05, 0) is 70.0 Å². The van der Waals surface area contributed by atoms with E-state index in [4.69, 9.17) is 31.3 Å². The molecule has 4 aromatic rings. The lowest BCUT2D eigenvalue weighted by molar-refractivity contribution is 0.122. The molecule has 1 aliphatic rings. The van der Waals surface area contributed by atoms with Gasteiger partial charge in [0.25, 0.3) is 0 Å². The summed E-state index contributed by atoms with van der Waals surface area (Å²) in [4.78, 5) is 17.5. The quantitative estimate of drug-likeness (QED) is 0.124. The topological polar surface area (TPSA) is 132 Å². The van der Waals surface area contributed by atoms with Crippen molar-refractivity contribution in [2.24, 2.45) is 16.7 Å². The number of amidine groups is 1. The third-order valence-electron chi connectivity index (χ3n) is 7.63. The fourth-order valence-electron chi connectivity index (χ4n) is 5.38. The van der Waals surface area contributed by atoms with Crippen molar-refractivity contribution in [2.75, 3.05) is 36.5 Å². The number of hydrogen-bond donors (Lipinski definition) is 3. The summed E-state index contributed by atoms with van der Waals surface area (Å²) in [6.45, 7) is 13.3. The maximum atomic E-state index is 5.90. The van der Waals surface area contributed by atoms with Crippen LogP contribution in [0, 0.1) is 27.7 Å². The number of hydrogen-bond acceptors (Lipinski definition) is 8. The number of nitrogens with zero attached hydrogens (tertiary/aromatic N) is 6. The molecule has 1 atom stereocenters. The second-order valence-electron chi connectivity index (χ2n) is 10.5. The molecule has 0 amide bonds. The van der Waals surface area contributed by atoms with Gasteiger partial charge in [0.2, 0.25) is 5.95 Å². The maximum Gasteiger partial charge on any atom is 0.236 e. The van der Waals surface area contributed by atoms with Crippen LogP contribution in [0.3, 0.4) is 0 Å². The van der Waals surface area contributed by atoms with Gasteiger partial charge < -0.3 is 26.5 Å². The van der Waals surface area contributed by atoms with Crippen molar-refractivity contribution in [3.63, 3.8) is 0 Å². The molecule has 1 aliphatic heterocycles. The first kappa shape index (κ1) is 28.1. The largest absolute Gasteiger partial charge is 0.382 e. The maximum absolute atomic E-state index is 5.90. The molecule has 1 saturated heterocycles. The number of anilines is 2. The molecule has 3 aromatic heterocycles. The number of nitrogens with two attached hydrogens (primary N) is 2. The summed E-state index contributed by atoms with van der Waals surface area (Å²) in [7, 11) is 0. The first-order chi connectivity index (χ1) is 19.8. The zero-order chi connectivity index (χ0) is 29.1. The number of aromatic nitrogens is 4. The number of rotatable bonds is 8. The SMILES string of the molecule is CCC(Nc1nc(-n2c(C)ccc2C)nc(C)c1/C=C/C(N)=NN)c1cc2cccc(C)c2nc1N1CCOCC1. The Morgan fingerprint density at radius 2 is 1.80 bits per heavy atom. The molecule has 41 heavy (non-hydrogen) atoms. The van der Waals surface area contributed by atoms with Gasteiger partial charge in [-0.2, -0.15) is 10.1 Å². The highest BCUT2D eigenvalue weighted by Crippen LogP contribution is 2.35. The number of morpholine rings is 1. The molecule has 10 nitrogen and oxygen atoms in total. The Kier molecular flexibility index (Phi) is 8.21. The molecule has 1 aromatic carbocycles. The van der Waals surface area contributed by atoms with Gasteiger partial charge in [0.15, 0.2) is 0 Å². The van der Waals surface area contributed by atoms with E-state index in [1.807, 2.05) is 13.0 Å². The Morgan fingerprint density at radius 1 is 1.07 bits per heavy atom. The number of benzene rings is 1. The highest BCUT2D eigenvalue weighted by atomic mass is 16.5. The molecular formula is C31H39N9O. The molecule has 10 heteroatoms. The van der Waals surface area contributed by atoms with Crippen molar-refractivity contribution in [3.05, 3.63) is 76.2 Å². The summed E-state index contributed by atoms with van der Waals surface area (Å²) < 4.78 is 7.72. The van der Waals surface area contributed by atoms with Crippen molar-refractivity contribution in [1.82, 2.24) is 19.5 Å². The van der Waals surface area contributed by atoms with Gasteiger partial charge >= 0.3 is 0 Å². The number of hydrazone groups is 1. The Labute approximate surface area is 241 Å². The molecule has 0 aliphatic carbocycles. The number of para-hydroxylation sites is 1. The average molecular weight is 554 g/mol. The van der Waals surface area contributed by atoms with Crippen LogP contribution in [0.4, 0.5) is 11.6 Å². The van der Waals surface area contributed by atoms with Crippen molar-refractivity contribution < 1.29 is 4.74 Å². The second-order valence-corrected chi connectivity index (χ2v) is 10.5. The minimum atomic E-state index is -0.0769. The summed E-state index contributed by atoms with van der Waals surface area (Å²) in [5.74, 6) is 7.90. The minimum absolute atomic E-state index is 0.0769. The van der Waals surface area contributed by atoms with Crippen molar-refractivity contribution in [2.45, 2.75) is 47.1 Å². The van der Waals surface area contributed by atoms with Crippen LogP contribution in [-0.2, 0) is 4.74 Å². The number of fused-ring (bicyclic) bond motifs is 1. The third-order valence-corrected chi connectivity index (χ3v) is 7.63. The molecular weight excluding hydrogens is 514 g/mol. The first-order valence-electron chi connectivity index (χ1n) is 14.1. The van der Waals surface area contributed by atoms with E-state index in [1.165, 1.54) is 0 Å². The van der Waals surface area contributed by atoms with Crippen LogP contribution in [0.1, 0.15) is 53.2 Å². The van der Waals surface area contributed by atoms with Crippen molar-refractivity contribution >= 4 is 34.5 Å². The third kappa shape index (κ3) is 5.74. The van der Waals surface area contributed by atoms with Crippen LogP contribution in [0.15, 0.2) is 47.6 Å². The average Bonchev–Trinajstić information content (AvgIpc) is 3.32. The molecule has 0 saturated carbocycles. The molecule has 1 unspecified atom stereocenters. The van der Waals surface area contributed by atoms with Crippen LogP contribution in [0.2, 0.25) is 0 Å². The highest BCUT2D eigenvalue weighted by molar-refractivity contribution is 5.95. The smallest absolute Gasteiger partial charge is 0.236 e.